The molecule has 2 N–H and O–H groups in total. The number of nitrogens with one attached hydrogen (secondary N) is 2. The van der Waals surface area contributed by atoms with E-state index in [0.717, 1.165) is 56.2 Å². The van der Waals surface area contributed by atoms with Gasteiger partial charge in [-0.15, -0.1) is 11.8 Å². The van der Waals surface area contributed by atoms with Gasteiger partial charge in [-0.1, -0.05) is 29.8 Å². The molecule has 1 saturated heterocycles. The van der Waals surface area contributed by atoms with Crippen molar-refractivity contribution in [3.63, 3.8) is 0 Å². The van der Waals surface area contributed by atoms with E-state index in [9.17, 15) is 9.59 Å². The number of carbonyl (C=O) groups excluding carboxylic acids is 2. The molecule has 0 aromatic heterocycles. The monoisotopic (exact) mass is 427 g/mol. The van der Waals surface area contributed by atoms with Crippen molar-refractivity contribution in [2.45, 2.75) is 13.3 Å². The summed E-state index contributed by atoms with van der Waals surface area (Å²) in [5, 5.41) is 5.72. The Morgan fingerprint density at radius 2 is 1.43 bits per heavy atom. The zero-order chi connectivity index (χ0) is 21.2. The highest BCUT2D eigenvalue weighted by Crippen LogP contribution is 2.13. The Morgan fingerprint density at radius 1 is 0.900 bits per heavy atom. The molecule has 1 fully saturated rings. The maximum absolute atomic E-state index is 12.1. The number of amides is 2. The number of carbonyl (C=O) groups is 2. The second-order valence-electron chi connectivity index (χ2n) is 7.36. The second-order valence-corrected chi connectivity index (χ2v) is 8.34. The number of morpholine rings is 1. The predicted molar refractivity (Wildman–Crippen MR) is 123 cm³/mol. The van der Waals surface area contributed by atoms with Gasteiger partial charge in [0.2, 0.25) is 11.8 Å². The van der Waals surface area contributed by atoms with Crippen LogP contribution >= 0.6 is 11.8 Å². The van der Waals surface area contributed by atoms with Gasteiger partial charge in [-0.25, -0.2) is 0 Å². The number of ether oxygens (including phenoxy) is 1. The number of aryl methyl sites for hydroxylation is 1. The first-order valence-corrected chi connectivity index (χ1v) is 11.4. The van der Waals surface area contributed by atoms with Gasteiger partial charge >= 0.3 is 0 Å². The summed E-state index contributed by atoms with van der Waals surface area (Å²) in [6, 6.07) is 15.6. The summed E-state index contributed by atoms with van der Waals surface area (Å²) in [7, 11) is 0. The largest absolute Gasteiger partial charge is 0.379 e. The highest BCUT2D eigenvalue weighted by atomic mass is 32.2. The molecule has 0 saturated carbocycles. The zero-order valence-electron chi connectivity index (χ0n) is 17.4. The van der Waals surface area contributed by atoms with Gasteiger partial charge in [-0.05, 0) is 43.2 Å². The van der Waals surface area contributed by atoms with E-state index in [-0.39, 0.29) is 23.3 Å². The van der Waals surface area contributed by atoms with Crippen LogP contribution in [0.2, 0.25) is 0 Å². The third-order valence-electron chi connectivity index (χ3n) is 4.86. The number of hydrogen-bond acceptors (Lipinski definition) is 5. The van der Waals surface area contributed by atoms with Crippen LogP contribution in [0.4, 0.5) is 11.4 Å². The molecule has 0 unspecified atom stereocenters. The molecule has 30 heavy (non-hydrogen) atoms. The minimum atomic E-state index is -0.110. The normalized spacial score (nSPS) is 14.3. The van der Waals surface area contributed by atoms with Crippen molar-refractivity contribution in [1.82, 2.24) is 4.90 Å². The highest BCUT2D eigenvalue weighted by Gasteiger charge is 2.10. The van der Waals surface area contributed by atoms with Gasteiger partial charge in [0.15, 0.2) is 0 Å². The topological polar surface area (TPSA) is 70.7 Å². The molecular weight excluding hydrogens is 398 g/mol. The summed E-state index contributed by atoms with van der Waals surface area (Å²) < 4.78 is 5.37. The standard InChI is InChI=1S/C23H29N3O3S/c1-18-2-6-20(7-3-18)24-22(27)16-30-17-23(28)25-21-8-4-19(5-9-21)10-11-26-12-14-29-15-13-26/h2-9H,10-17H2,1H3,(H,24,27)(H,25,28). The lowest BCUT2D eigenvalue weighted by Gasteiger charge is -2.26. The Bertz CT molecular complexity index is 819. The molecule has 0 atom stereocenters. The summed E-state index contributed by atoms with van der Waals surface area (Å²) in [5.41, 5.74) is 3.94. The molecule has 160 valence electrons. The fourth-order valence-electron chi connectivity index (χ4n) is 3.13. The van der Waals surface area contributed by atoms with Crippen LogP contribution in [0, 0.1) is 6.92 Å². The lowest BCUT2D eigenvalue weighted by atomic mass is 10.1. The first-order valence-electron chi connectivity index (χ1n) is 10.2. The third-order valence-corrected chi connectivity index (χ3v) is 5.79. The minimum Gasteiger partial charge on any atom is -0.379 e. The quantitative estimate of drug-likeness (QED) is 0.643. The van der Waals surface area contributed by atoms with Crippen molar-refractivity contribution in [2.75, 3.05) is 55.0 Å². The number of hydrogen-bond donors (Lipinski definition) is 2. The van der Waals surface area contributed by atoms with Gasteiger partial charge in [0.25, 0.3) is 0 Å². The van der Waals surface area contributed by atoms with Crippen LogP contribution < -0.4 is 10.6 Å². The second kappa shape index (κ2) is 11.7. The van der Waals surface area contributed by atoms with Gasteiger partial charge in [-0.2, -0.15) is 0 Å². The van der Waals surface area contributed by atoms with Gasteiger partial charge < -0.3 is 15.4 Å². The van der Waals surface area contributed by atoms with Crippen molar-refractivity contribution in [1.29, 1.82) is 0 Å². The molecule has 1 aliphatic rings. The number of nitrogens with zero attached hydrogens (tertiary/aromatic N) is 1. The summed E-state index contributed by atoms with van der Waals surface area (Å²) >= 11 is 1.30. The molecule has 7 heteroatoms. The zero-order valence-corrected chi connectivity index (χ0v) is 18.2. The predicted octanol–water partition coefficient (Wildman–Crippen LogP) is 3.18. The fraction of sp³-hybridized carbons (Fsp3) is 0.391. The highest BCUT2D eigenvalue weighted by molar-refractivity contribution is 8.00. The molecule has 3 rings (SSSR count). The smallest absolute Gasteiger partial charge is 0.234 e. The average Bonchev–Trinajstić information content (AvgIpc) is 2.75. The molecule has 1 aliphatic heterocycles. The summed E-state index contributed by atoms with van der Waals surface area (Å²) in [6.07, 6.45) is 0.986. The van der Waals surface area contributed by atoms with Crippen LogP contribution in [0.1, 0.15) is 11.1 Å². The van der Waals surface area contributed by atoms with Gasteiger partial charge in [0, 0.05) is 31.0 Å². The molecule has 1 heterocycles. The number of thioether (sulfide) groups is 1. The van der Waals surface area contributed by atoms with Gasteiger partial charge in [0.1, 0.15) is 0 Å². The van der Waals surface area contributed by atoms with Crippen LogP contribution in [0.5, 0.6) is 0 Å². The Kier molecular flexibility index (Phi) is 8.74. The number of rotatable bonds is 9. The lowest BCUT2D eigenvalue weighted by Crippen LogP contribution is -2.37. The number of benzene rings is 2. The molecule has 0 aliphatic carbocycles. The number of anilines is 2. The summed E-state index contributed by atoms with van der Waals surface area (Å²) in [4.78, 5) is 26.5. The van der Waals surface area contributed by atoms with Crippen molar-refractivity contribution in [2.24, 2.45) is 0 Å². The Morgan fingerprint density at radius 3 is 2.00 bits per heavy atom. The summed E-state index contributed by atoms with van der Waals surface area (Å²) in [6.45, 7) is 6.65. The third kappa shape index (κ3) is 7.82. The molecule has 0 bridgehead atoms. The molecule has 0 radical (unpaired) electrons. The van der Waals surface area contributed by atoms with Crippen LogP contribution in [-0.2, 0) is 20.7 Å². The van der Waals surface area contributed by atoms with Crippen molar-refractivity contribution in [3.05, 3.63) is 59.7 Å². The molecular formula is C23H29N3O3S. The SMILES string of the molecule is Cc1ccc(NC(=O)CSCC(=O)Nc2ccc(CCN3CCOCC3)cc2)cc1. The van der Waals surface area contributed by atoms with Crippen molar-refractivity contribution >= 4 is 35.0 Å². The first kappa shape index (κ1) is 22.3. The molecule has 2 amide bonds. The average molecular weight is 428 g/mol. The van der Waals surface area contributed by atoms with Gasteiger partial charge in [-0.3, -0.25) is 14.5 Å². The van der Waals surface area contributed by atoms with Gasteiger partial charge in [0.05, 0.1) is 24.7 Å². The van der Waals surface area contributed by atoms with E-state index in [1.807, 2.05) is 43.3 Å². The Labute approximate surface area is 182 Å². The summed E-state index contributed by atoms with van der Waals surface area (Å²) in [5.74, 6) is 0.257. The maximum atomic E-state index is 12.1. The van der Waals surface area contributed by atoms with E-state index in [0.29, 0.717) is 0 Å². The Hall–Kier alpha value is -2.35. The van der Waals surface area contributed by atoms with E-state index < -0.39 is 0 Å². The van der Waals surface area contributed by atoms with Crippen molar-refractivity contribution < 1.29 is 14.3 Å². The fourth-order valence-corrected chi connectivity index (χ4v) is 3.75. The minimum absolute atomic E-state index is 0.107. The van der Waals surface area contributed by atoms with E-state index in [2.05, 4.69) is 27.7 Å². The molecule has 2 aromatic carbocycles. The first-order chi connectivity index (χ1) is 14.6. The maximum Gasteiger partial charge on any atom is 0.234 e. The molecule has 6 nitrogen and oxygen atoms in total. The van der Waals surface area contributed by atoms with Crippen LogP contribution in [0.3, 0.4) is 0 Å². The molecule has 0 spiro atoms. The Balaban J connectivity index is 1.33. The van der Waals surface area contributed by atoms with Crippen molar-refractivity contribution in [3.8, 4) is 0 Å². The lowest BCUT2D eigenvalue weighted by molar-refractivity contribution is -0.114. The van der Waals surface area contributed by atoms with Crippen LogP contribution in [-0.4, -0.2) is 61.1 Å². The van der Waals surface area contributed by atoms with E-state index in [4.69, 9.17) is 4.74 Å². The van der Waals surface area contributed by atoms with Crippen LogP contribution in [0.15, 0.2) is 48.5 Å². The van der Waals surface area contributed by atoms with E-state index >= 15 is 0 Å². The molecule has 2 aromatic rings. The van der Waals surface area contributed by atoms with E-state index in [1.54, 1.807) is 0 Å². The van der Waals surface area contributed by atoms with E-state index in [1.165, 1.54) is 17.3 Å². The van der Waals surface area contributed by atoms with Crippen LogP contribution in [0.25, 0.3) is 0 Å².